The van der Waals surface area contributed by atoms with Crippen LogP contribution in [0.15, 0.2) is 41.3 Å². The van der Waals surface area contributed by atoms with Gasteiger partial charge in [0, 0.05) is 37.5 Å². The van der Waals surface area contributed by atoms with Crippen molar-refractivity contribution in [3.8, 4) is 5.75 Å². The lowest BCUT2D eigenvalue weighted by Gasteiger charge is -2.34. The zero-order valence-electron chi connectivity index (χ0n) is 24.7. The Balaban J connectivity index is 0.00000165. The molecule has 13 heteroatoms. The monoisotopic (exact) mass is 586 g/mol. The number of ether oxygens (including phenoxy) is 1. The summed E-state index contributed by atoms with van der Waals surface area (Å²) in [6, 6.07) is 6.44. The van der Waals surface area contributed by atoms with Crippen molar-refractivity contribution in [2.45, 2.75) is 37.6 Å². The first-order valence-corrected chi connectivity index (χ1v) is 14.9. The predicted molar refractivity (Wildman–Crippen MR) is 155 cm³/mol. The largest absolute Gasteiger partial charge is 0.492 e. The summed E-state index contributed by atoms with van der Waals surface area (Å²) in [6.07, 6.45) is 4.15. The lowest BCUT2D eigenvalue weighted by Crippen LogP contribution is -2.49. The van der Waals surface area contributed by atoms with Crippen LogP contribution >= 0.6 is 0 Å². The van der Waals surface area contributed by atoms with E-state index in [4.69, 9.17) is 14.9 Å². The van der Waals surface area contributed by atoms with Gasteiger partial charge in [-0.3, -0.25) is 0 Å². The van der Waals surface area contributed by atoms with Crippen LogP contribution in [-0.2, 0) is 19.4 Å². The highest BCUT2D eigenvalue weighted by molar-refractivity contribution is 7.90. The van der Waals surface area contributed by atoms with Crippen LogP contribution in [-0.4, -0.2) is 136 Å². The molecule has 40 heavy (non-hydrogen) atoms. The molecule has 1 rings (SSSR count). The molecule has 0 aliphatic rings. The number of carbonyl (C=O) groups excluding carboxylic acids is 1. The maximum atomic E-state index is 13.3. The Morgan fingerprint density at radius 3 is 1.62 bits per heavy atom. The average molecular weight is 587 g/mol. The number of urea groups is 1. The lowest BCUT2D eigenvalue weighted by molar-refractivity contribution is -0.134. The molecular weight excluding hydrogens is 540 g/mol. The Kier molecular flexibility index (Phi) is 17.5. The Morgan fingerprint density at radius 1 is 0.825 bits per heavy atom. The van der Waals surface area contributed by atoms with E-state index in [1.54, 1.807) is 12.1 Å². The molecule has 0 radical (unpaired) electrons. The van der Waals surface area contributed by atoms with Crippen LogP contribution in [0.5, 0.6) is 5.75 Å². The third kappa shape index (κ3) is 17.4. The van der Waals surface area contributed by atoms with E-state index in [0.29, 0.717) is 31.1 Å². The van der Waals surface area contributed by atoms with Gasteiger partial charge in [-0.1, -0.05) is 0 Å². The SMILES string of the molecule is CC(C)N(CCOc1ccc(S(C)(=O)=O)cc1)C(=O)N(CCCN(C)C)CCCN(C)C.O=C(O)/C=C/C(=O)O. The van der Waals surface area contributed by atoms with Crippen LogP contribution in [0.25, 0.3) is 0 Å². The van der Waals surface area contributed by atoms with Crippen molar-refractivity contribution in [2.24, 2.45) is 0 Å². The number of nitrogens with zero attached hydrogens (tertiary/aromatic N) is 4. The molecule has 0 atom stereocenters. The summed E-state index contributed by atoms with van der Waals surface area (Å²) in [7, 11) is 4.93. The summed E-state index contributed by atoms with van der Waals surface area (Å²) >= 11 is 0. The molecule has 2 amide bonds. The quantitative estimate of drug-likeness (QED) is 0.276. The van der Waals surface area contributed by atoms with Crippen molar-refractivity contribution >= 4 is 27.8 Å². The van der Waals surface area contributed by atoms with Gasteiger partial charge in [-0.25, -0.2) is 22.8 Å². The maximum Gasteiger partial charge on any atom is 0.328 e. The van der Waals surface area contributed by atoms with Gasteiger partial charge < -0.3 is 34.5 Å². The Labute approximate surface area is 238 Å². The second-order valence-corrected chi connectivity index (χ2v) is 12.0. The summed E-state index contributed by atoms with van der Waals surface area (Å²) in [4.78, 5) is 40.8. The van der Waals surface area contributed by atoms with Gasteiger partial charge in [-0.15, -0.1) is 0 Å². The van der Waals surface area contributed by atoms with Gasteiger partial charge in [-0.05, 0) is 92.2 Å². The minimum Gasteiger partial charge on any atom is -0.492 e. The van der Waals surface area contributed by atoms with Crippen LogP contribution in [0.2, 0.25) is 0 Å². The van der Waals surface area contributed by atoms with Crippen molar-refractivity contribution in [3.63, 3.8) is 0 Å². The van der Waals surface area contributed by atoms with Gasteiger partial charge >= 0.3 is 18.0 Å². The van der Waals surface area contributed by atoms with Crippen molar-refractivity contribution in [3.05, 3.63) is 36.4 Å². The van der Waals surface area contributed by atoms with E-state index in [9.17, 15) is 22.8 Å². The fourth-order valence-electron chi connectivity index (χ4n) is 3.40. The second kappa shape index (κ2) is 19.0. The summed E-state index contributed by atoms with van der Waals surface area (Å²) < 4.78 is 29.0. The number of benzene rings is 1. The zero-order valence-corrected chi connectivity index (χ0v) is 25.6. The van der Waals surface area contributed by atoms with Crippen LogP contribution in [0.1, 0.15) is 26.7 Å². The fourth-order valence-corrected chi connectivity index (χ4v) is 4.03. The Bertz CT molecular complexity index is 1010. The summed E-state index contributed by atoms with van der Waals surface area (Å²) in [5, 5.41) is 15.6. The van der Waals surface area contributed by atoms with Crippen molar-refractivity contribution in [1.29, 1.82) is 0 Å². The van der Waals surface area contributed by atoms with Crippen molar-refractivity contribution < 1.29 is 37.8 Å². The molecule has 228 valence electrons. The van der Waals surface area contributed by atoms with Crippen LogP contribution in [0.4, 0.5) is 4.79 Å². The number of carboxylic acid groups (broad SMARTS) is 2. The van der Waals surface area contributed by atoms with Gasteiger partial charge in [0.15, 0.2) is 9.84 Å². The molecule has 0 fully saturated rings. The van der Waals surface area contributed by atoms with Crippen LogP contribution in [0.3, 0.4) is 0 Å². The topological polar surface area (TPSA) is 148 Å². The zero-order chi connectivity index (χ0) is 30.9. The number of carbonyl (C=O) groups is 3. The minimum atomic E-state index is -3.23. The molecule has 1 aromatic rings. The third-order valence-corrected chi connectivity index (χ3v) is 6.56. The summed E-state index contributed by atoms with van der Waals surface area (Å²) in [5.41, 5.74) is 0. The molecule has 0 spiro atoms. The van der Waals surface area contributed by atoms with Crippen LogP contribution < -0.4 is 4.74 Å². The molecule has 1 aromatic carbocycles. The van der Waals surface area contributed by atoms with E-state index in [2.05, 4.69) is 9.80 Å². The lowest BCUT2D eigenvalue weighted by atomic mass is 10.3. The molecule has 0 unspecified atom stereocenters. The third-order valence-electron chi connectivity index (χ3n) is 5.43. The van der Waals surface area contributed by atoms with E-state index in [1.165, 1.54) is 18.4 Å². The smallest absolute Gasteiger partial charge is 0.328 e. The number of hydrogen-bond donors (Lipinski definition) is 2. The standard InChI is InChI=1S/C23H42N4O4S.C4H4O4/c1-20(2)27(18-19-31-21-10-12-22(13-11-21)32(7,29)30)23(28)26(16-8-14-24(3)4)17-9-15-25(5)6;5-3(6)1-2-4(7)8/h10-13,20H,8-9,14-19H2,1-7H3;1-2H,(H,5,6)(H,7,8)/b;2-1+. The first kappa shape index (κ1) is 36.8. The van der Waals surface area contributed by atoms with Crippen LogP contribution in [0, 0.1) is 0 Å². The van der Waals surface area contributed by atoms with E-state index < -0.39 is 21.8 Å². The maximum absolute atomic E-state index is 13.3. The fraction of sp³-hybridized carbons (Fsp3) is 0.593. The van der Waals surface area contributed by atoms with Crippen molar-refractivity contribution in [1.82, 2.24) is 19.6 Å². The van der Waals surface area contributed by atoms with Gasteiger partial charge in [0.05, 0.1) is 11.4 Å². The number of sulfone groups is 1. The minimum absolute atomic E-state index is 0.0357. The molecule has 0 heterocycles. The number of hydrogen-bond acceptors (Lipinski definition) is 8. The van der Waals surface area contributed by atoms with E-state index >= 15 is 0 Å². The highest BCUT2D eigenvalue weighted by atomic mass is 32.2. The molecule has 12 nitrogen and oxygen atoms in total. The van der Waals surface area contributed by atoms with E-state index in [0.717, 1.165) is 39.0 Å². The second-order valence-electron chi connectivity index (χ2n) is 9.97. The normalized spacial score (nSPS) is 11.4. The summed E-state index contributed by atoms with van der Waals surface area (Å²) in [6.45, 7) is 8.14. The van der Waals surface area contributed by atoms with E-state index in [-0.39, 0.29) is 17.0 Å². The van der Waals surface area contributed by atoms with Gasteiger partial charge in [0.2, 0.25) is 0 Å². The number of carboxylic acids is 2. The highest BCUT2D eigenvalue weighted by Crippen LogP contribution is 2.16. The molecule has 0 saturated carbocycles. The molecule has 0 bridgehead atoms. The molecule has 0 aliphatic heterocycles. The van der Waals surface area contributed by atoms with Gasteiger partial charge in [-0.2, -0.15) is 0 Å². The first-order chi connectivity index (χ1) is 18.5. The Hall–Kier alpha value is -3.16. The Morgan fingerprint density at radius 2 is 1.27 bits per heavy atom. The predicted octanol–water partition coefficient (Wildman–Crippen LogP) is 2.22. The summed E-state index contributed by atoms with van der Waals surface area (Å²) in [5.74, 6) is -1.93. The molecule has 2 N–H and O–H groups in total. The van der Waals surface area contributed by atoms with Gasteiger partial charge in [0.1, 0.15) is 12.4 Å². The molecule has 0 aliphatic carbocycles. The average Bonchev–Trinajstić information content (AvgIpc) is 2.83. The first-order valence-electron chi connectivity index (χ1n) is 13.0. The highest BCUT2D eigenvalue weighted by Gasteiger charge is 2.23. The van der Waals surface area contributed by atoms with Gasteiger partial charge in [0.25, 0.3) is 0 Å². The number of amides is 2. The molecule has 0 saturated heterocycles. The number of rotatable bonds is 16. The molecular formula is C27H46N4O8S. The molecule has 0 aromatic heterocycles. The number of aliphatic carboxylic acids is 2. The van der Waals surface area contributed by atoms with Crippen molar-refractivity contribution in [2.75, 3.05) is 73.8 Å². The van der Waals surface area contributed by atoms with E-state index in [1.807, 2.05) is 51.8 Å².